The zero-order valence-corrected chi connectivity index (χ0v) is 9.65. The molecule has 1 heterocycles. The Hall–Kier alpha value is -1.23. The van der Waals surface area contributed by atoms with Gasteiger partial charge in [-0.15, -0.1) is 0 Å². The number of aromatic nitrogens is 3. The molecule has 5 nitrogen and oxygen atoms in total. The Morgan fingerprint density at radius 1 is 1.62 bits per heavy atom. The molecule has 1 saturated carbocycles. The third-order valence-corrected chi connectivity index (χ3v) is 3.25. The molecule has 0 saturated heterocycles. The lowest BCUT2D eigenvalue weighted by Gasteiger charge is -2.36. The number of aryl methyl sites for hydroxylation is 1. The van der Waals surface area contributed by atoms with E-state index in [2.05, 4.69) is 17.0 Å². The van der Waals surface area contributed by atoms with Gasteiger partial charge in [0.15, 0.2) is 5.78 Å². The van der Waals surface area contributed by atoms with Gasteiger partial charge in [-0.25, -0.2) is 9.67 Å². The van der Waals surface area contributed by atoms with Crippen LogP contribution in [0.2, 0.25) is 0 Å². The summed E-state index contributed by atoms with van der Waals surface area (Å²) in [4.78, 5) is 16.1. The van der Waals surface area contributed by atoms with Crippen LogP contribution in [0.15, 0.2) is 6.33 Å². The Morgan fingerprint density at radius 3 is 2.94 bits per heavy atom. The maximum Gasteiger partial charge on any atom is 0.160 e. The topological polar surface area (TPSA) is 73.8 Å². The zero-order chi connectivity index (χ0) is 11.6. The molecule has 0 amide bonds. The Bertz CT molecular complexity index is 381. The second-order valence-electron chi connectivity index (χ2n) is 4.51. The van der Waals surface area contributed by atoms with Gasteiger partial charge in [0.25, 0.3) is 0 Å². The van der Waals surface area contributed by atoms with Crippen LogP contribution in [0.4, 0.5) is 0 Å². The fourth-order valence-corrected chi connectivity index (χ4v) is 1.98. The van der Waals surface area contributed by atoms with Gasteiger partial charge in [-0.2, -0.15) is 5.10 Å². The second kappa shape index (κ2) is 4.33. The summed E-state index contributed by atoms with van der Waals surface area (Å²) in [6.07, 6.45) is 5.49. The minimum Gasteiger partial charge on any atom is -0.319 e. The number of carbonyl (C=O) groups excluding carboxylic acids is 1. The van der Waals surface area contributed by atoms with Crippen molar-refractivity contribution in [1.82, 2.24) is 14.8 Å². The fourth-order valence-electron chi connectivity index (χ4n) is 1.98. The van der Waals surface area contributed by atoms with Gasteiger partial charge < -0.3 is 5.73 Å². The van der Waals surface area contributed by atoms with E-state index < -0.39 is 5.54 Å². The number of nitrogens with two attached hydrogens (primary N) is 1. The van der Waals surface area contributed by atoms with Crippen molar-refractivity contribution >= 4 is 5.78 Å². The number of hydrogen-bond donors (Lipinski definition) is 1. The third-order valence-electron chi connectivity index (χ3n) is 3.25. The van der Waals surface area contributed by atoms with Gasteiger partial charge in [0, 0.05) is 6.54 Å². The van der Waals surface area contributed by atoms with Crippen molar-refractivity contribution in [2.45, 2.75) is 51.1 Å². The van der Waals surface area contributed by atoms with Crippen LogP contribution in [0.1, 0.15) is 38.4 Å². The molecule has 0 bridgehead atoms. The first-order valence-corrected chi connectivity index (χ1v) is 5.84. The van der Waals surface area contributed by atoms with E-state index in [4.69, 9.17) is 5.73 Å². The highest BCUT2D eigenvalue weighted by Gasteiger charge is 2.39. The monoisotopic (exact) mass is 222 g/mol. The van der Waals surface area contributed by atoms with Gasteiger partial charge in [-0.3, -0.25) is 4.79 Å². The second-order valence-corrected chi connectivity index (χ2v) is 4.51. The third kappa shape index (κ3) is 2.00. The number of carbonyl (C=O) groups is 1. The minimum absolute atomic E-state index is 0.101. The fraction of sp³-hybridized carbons (Fsp3) is 0.727. The molecular weight excluding hydrogens is 204 g/mol. The highest BCUT2D eigenvalue weighted by atomic mass is 16.1. The first-order valence-electron chi connectivity index (χ1n) is 5.84. The summed E-state index contributed by atoms with van der Waals surface area (Å²) in [6.45, 7) is 2.88. The highest BCUT2D eigenvalue weighted by Crippen LogP contribution is 2.30. The van der Waals surface area contributed by atoms with Crippen molar-refractivity contribution in [3.8, 4) is 0 Å². The summed E-state index contributed by atoms with van der Waals surface area (Å²) in [5.41, 5.74) is 5.40. The molecule has 0 atom stereocenters. The van der Waals surface area contributed by atoms with Crippen molar-refractivity contribution in [3.05, 3.63) is 12.2 Å². The molecule has 1 aromatic heterocycles. The van der Waals surface area contributed by atoms with Crippen molar-refractivity contribution < 1.29 is 4.79 Å². The first kappa shape index (κ1) is 11.3. The molecule has 1 aliphatic rings. The van der Waals surface area contributed by atoms with Crippen LogP contribution in [0, 0.1) is 0 Å². The van der Waals surface area contributed by atoms with E-state index in [1.165, 1.54) is 6.33 Å². The molecule has 1 aliphatic carbocycles. The number of Topliss-reactive ketones (excluding diaryl/α,β-unsaturated/α-hetero) is 1. The van der Waals surface area contributed by atoms with E-state index in [9.17, 15) is 4.79 Å². The van der Waals surface area contributed by atoms with E-state index >= 15 is 0 Å². The van der Waals surface area contributed by atoms with E-state index in [1.54, 1.807) is 4.68 Å². The Kier molecular flexibility index (Phi) is 3.05. The molecule has 2 rings (SSSR count). The summed E-state index contributed by atoms with van der Waals surface area (Å²) in [5, 5.41) is 4.10. The van der Waals surface area contributed by atoms with E-state index in [1.807, 2.05) is 0 Å². The van der Waals surface area contributed by atoms with Gasteiger partial charge in [-0.05, 0) is 25.7 Å². The number of nitrogens with zero attached hydrogens (tertiary/aromatic N) is 3. The highest BCUT2D eigenvalue weighted by molar-refractivity contribution is 5.90. The summed E-state index contributed by atoms with van der Waals surface area (Å²) < 4.78 is 1.79. The van der Waals surface area contributed by atoms with Crippen LogP contribution in [-0.4, -0.2) is 26.1 Å². The predicted octanol–water partition coefficient (Wildman–Crippen LogP) is 0.681. The molecule has 0 radical (unpaired) electrons. The van der Waals surface area contributed by atoms with Crippen LogP contribution in [-0.2, 0) is 17.8 Å². The molecule has 0 spiro atoms. The lowest BCUT2D eigenvalue weighted by molar-refractivity contribution is -0.126. The van der Waals surface area contributed by atoms with Gasteiger partial charge in [-0.1, -0.05) is 6.92 Å². The average Bonchev–Trinajstić information content (AvgIpc) is 2.63. The van der Waals surface area contributed by atoms with E-state index in [-0.39, 0.29) is 5.78 Å². The first-order chi connectivity index (χ1) is 7.65. The lowest BCUT2D eigenvalue weighted by Crippen LogP contribution is -2.54. The van der Waals surface area contributed by atoms with Crippen molar-refractivity contribution in [3.63, 3.8) is 0 Å². The smallest absolute Gasteiger partial charge is 0.160 e. The maximum absolute atomic E-state index is 12.0. The Labute approximate surface area is 95.0 Å². The molecule has 16 heavy (non-hydrogen) atoms. The lowest BCUT2D eigenvalue weighted by atomic mass is 9.73. The largest absolute Gasteiger partial charge is 0.319 e. The van der Waals surface area contributed by atoms with Gasteiger partial charge in [0.05, 0.1) is 12.0 Å². The SMILES string of the molecule is CCCn1ncnc1CC(=O)C1(N)CCC1. The quantitative estimate of drug-likeness (QED) is 0.795. The van der Waals surface area contributed by atoms with Crippen LogP contribution in [0.3, 0.4) is 0 Å². The van der Waals surface area contributed by atoms with Gasteiger partial charge in [0.1, 0.15) is 12.2 Å². The number of rotatable bonds is 5. The molecular formula is C11H18N4O. The van der Waals surface area contributed by atoms with Gasteiger partial charge >= 0.3 is 0 Å². The maximum atomic E-state index is 12.0. The van der Waals surface area contributed by atoms with Crippen LogP contribution < -0.4 is 5.73 Å². The van der Waals surface area contributed by atoms with E-state index in [0.29, 0.717) is 6.42 Å². The van der Waals surface area contributed by atoms with Crippen LogP contribution in [0.25, 0.3) is 0 Å². The summed E-state index contributed by atoms with van der Waals surface area (Å²) in [5.74, 6) is 0.840. The summed E-state index contributed by atoms with van der Waals surface area (Å²) >= 11 is 0. The molecule has 1 aromatic rings. The molecule has 2 N–H and O–H groups in total. The molecule has 0 aliphatic heterocycles. The summed E-state index contributed by atoms with van der Waals surface area (Å²) in [7, 11) is 0. The van der Waals surface area contributed by atoms with Gasteiger partial charge in [0.2, 0.25) is 0 Å². The average molecular weight is 222 g/mol. The molecule has 88 valence electrons. The van der Waals surface area contributed by atoms with Crippen molar-refractivity contribution in [2.24, 2.45) is 5.73 Å². The standard InChI is InChI=1S/C11H18N4O/c1-2-6-15-10(13-8-14-15)7-9(16)11(12)4-3-5-11/h8H,2-7,12H2,1H3. The summed E-state index contributed by atoms with van der Waals surface area (Å²) in [6, 6.07) is 0. The van der Waals surface area contributed by atoms with Crippen LogP contribution in [0.5, 0.6) is 0 Å². The van der Waals surface area contributed by atoms with E-state index in [0.717, 1.165) is 38.1 Å². The van der Waals surface area contributed by atoms with Crippen molar-refractivity contribution in [1.29, 1.82) is 0 Å². The molecule has 0 unspecified atom stereocenters. The predicted molar refractivity (Wildman–Crippen MR) is 59.8 cm³/mol. The molecule has 1 fully saturated rings. The number of hydrogen-bond acceptors (Lipinski definition) is 4. The van der Waals surface area contributed by atoms with Crippen LogP contribution >= 0.6 is 0 Å². The molecule has 5 heteroatoms. The van der Waals surface area contributed by atoms with Crippen molar-refractivity contribution in [2.75, 3.05) is 0 Å². The molecule has 0 aromatic carbocycles. The normalized spacial score (nSPS) is 18.1. The Morgan fingerprint density at radius 2 is 2.38 bits per heavy atom. The Balaban J connectivity index is 2.03. The zero-order valence-electron chi connectivity index (χ0n) is 9.65. The minimum atomic E-state index is -0.580. The number of ketones is 1.